The molecule has 31 nitrogen and oxygen atoms in total. The van der Waals surface area contributed by atoms with Crippen molar-refractivity contribution in [1.29, 1.82) is 0 Å². The summed E-state index contributed by atoms with van der Waals surface area (Å²) in [6.07, 6.45) is 2.40. The van der Waals surface area contributed by atoms with Gasteiger partial charge in [-0.1, -0.05) is 56.3 Å². The lowest BCUT2D eigenvalue weighted by Crippen LogP contribution is -2.61. The van der Waals surface area contributed by atoms with E-state index in [0.717, 1.165) is 4.90 Å². The summed E-state index contributed by atoms with van der Waals surface area (Å²) in [6, 6.07) is -0.586. The van der Waals surface area contributed by atoms with Gasteiger partial charge in [-0.2, -0.15) is 11.8 Å². The number of carboxylic acids is 2. The van der Waals surface area contributed by atoms with Crippen LogP contribution < -0.4 is 54.4 Å². The number of hydrogen-bond donors (Lipinski definition) is 13. The predicted octanol–water partition coefficient (Wildman–Crippen LogP) is -2.53. The maximum atomic E-state index is 15.0. The normalized spacial score (nSPS) is 19.8. The molecule has 6 rings (SSSR count). The van der Waals surface area contributed by atoms with Crippen LogP contribution in [0.2, 0.25) is 0 Å². The first-order valence-corrected chi connectivity index (χ1v) is 33.9. The van der Waals surface area contributed by atoms with Crippen LogP contribution in [0.15, 0.2) is 54.6 Å². The van der Waals surface area contributed by atoms with Gasteiger partial charge in [-0.25, -0.2) is 4.79 Å². The summed E-state index contributed by atoms with van der Waals surface area (Å²) >= 11 is 1.40. The van der Waals surface area contributed by atoms with E-state index in [1.165, 1.54) is 50.7 Å². The molecule has 4 heterocycles. The van der Waals surface area contributed by atoms with E-state index in [0.29, 0.717) is 55.5 Å². The number of nitrogens with zero attached hydrogens (tertiary/aromatic N) is 4. The van der Waals surface area contributed by atoms with Crippen LogP contribution >= 0.6 is 11.8 Å². The molecule has 4 fully saturated rings. The number of nitrogens with two attached hydrogens (primary N) is 3. The third-order valence-corrected chi connectivity index (χ3v) is 18.2. The molecule has 4 aliphatic heterocycles. The Bertz CT molecular complexity index is 3130. The number of nitrogens with one attached hydrogen (secondary N) is 7. The summed E-state index contributed by atoms with van der Waals surface area (Å²) in [6.45, 7) is 3.58. The number of amides is 12. The van der Waals surface area contributed by atoms with E-state index in [1.807, 2.05) is 0 Å². The summed E-state index contributed by atoms with van der Waals surface area (Å²) < 4.78 is 0. The van der Waals surface area contributed by atoms with Crippen LogP contribution in [0.5, 0.6) is 5.75 Å². The maximum absolute atomic E-state index is 15.0. The fourth-order valence-corrected chi connectivity index (χ4v) is 13.0. The van der Waals surface area contributed by atoms with E-state index in [1.54, 1.807) is 50.4 Å². The molecule has 2 aromatic carbocycles. The number of rotatable bonds is 35. The third kappa shape index (κ3) is 21.3. The molecule has 32 heteroatoms. The number of aliphatic carboxylic acids is 2. The number of carbonyl (C=O) groups excluding carboxylic acids is 12. The Labute approximate surface area is 560 Å². The van der Waals surface area contributed by atoms with Crippen molar-refractivity contribution >= 4 is 94.6 Å². The van der Waals surface area contributed by atoms with Crippen LogP contribution in [0.1, 0.15) is 115 Å². The first-order chi connectivity index (χ1) is 45.8. The van der Waals surface area contributed by atoms with Crippen molar-refractivity contribution in [3.05, 3.63) is 65.7 Å². The first kappa shape index (κ1) is 76.1. The van der Waals surface area contributed by atoms with Gasteiger partial charge in [-0.15, -0.1) is 0 Å². The number of primary amides is 1. The zero-order valence-corrected chi connectivity index (χ0v) is 55.2. The van der Waals surface area contributed by atoms with Gasteiger partial charge in [-0.3, -0.25) is 62.3 Å². The van der Waals surface area contributed by atoms with Crippen LogP contribution in [-0.4, -0.2) is 235 Å². The van der Waals surface area contributed by atoms with Gasteiger partial charge in [0.25, 0.3) is 0 Å². The topological polar surface area (TPSA) is 475 Å². The van der Waals surface area contributed by atoms with E-state index < -0.39 is 168 Å². The molecule has 12 amide bonds. The van der Waals surface area contributed by atoms with Crippen molar-refractivity contribution in [3.63, 3.8) is 0 Å². The van der Waals surface area contributed by atoms with Gasteiger partial charge >= 0.3 is 11.9 Å². The highest BCUT2D eigenvalue weighted by Gasteiger charge is 2.46. The Morgan fingerprint density at radius 2 is 1.00 bits per heavy atom. The minimum atomic E-state index is -1.78. The van der Waals surface area contributed by atoms with Crippen LogP contribution in [-0.2, 0) is 80.0 Å². The molecule has 0 aromatic heterocycles. The molecule has 11 atom stereocenters. The number of unbranched alkanes of at least 4 members (excludes halogenated alkanes) is 1. The summed E-state index contributed by atoms with van der Waals surface area (Å²) in [4.78, 5) is 198. The quantitative estimate of drug-likeness (QED) is 0.0316. The van der Waals surface area contributed by atoms with Crippen molar-refractivity contribution < 1.29 is 82.4 Å². The Balaban J connectivity index is 1.20. The van der Waals surface area contributed by atoms with Crippen molar-refractivity contribution in [2.75, 3.05) is 51.3 Å². The molecular weight excluding hydrogens is 1270 g/mol. The lowest BCUT2D eigenvalue weighted by Gasteiger charge is -2.32. The second-order valence-electron chi connectivity index (χ2n) is 24.8. The number of aromatic hydroxyl groups is 1. The average molecular weight is 1360 g/mol. The van der Waals surface area contributed by atoms with Gasteiger partial charge < -0.3 is 89.3 Å². The summed E-state index contributed by atoms with van der Waals surface area (Å²) in [5.74, 6) is -12.7. The minimum Gasteiger partial charge on any atom is -0.508 e. The highest BCUT2D eigenvalue weighted by Crippen LogP contribution is 2.27. The van der Waals surface area contributed by atoms with Crippen LogP contribution in [0.25, 0.3) is 0 Å². The molecule has 0 saturated carbocycles. The summed E-state index contributed by atoms with van der Waals surface area (Å²) in [5, 5.41) is 48.2. The Morgan fingerprint density at radius 3 is 1.55 bits per heavy atom. The van der Waals surface area contributed by atoms with E-state index in [4.69, 9.17) is 17.2 Å². The van der Waals surface area contributed by atoms with E-state index in [9.17, 15) is 82.4 Å². The van der Waals surface area contributed by atoms with Crippen LogP contribution in [0.3, 0.4) is 0 Å². The molecule has 2 aromatic rings. The molecule has 0 unspecified atom stereocenters. The molecule has 0 bridgehead atoms. The zero-order chi connectivity index (χ0) is 70.3. The molecular formula is C64H92N14O17S. The van der Waals surface area contributed by atoms with E-state index in [-0.39, 0.29) is 96.3 Å². The molecule has 4 aliphatic rings. The number of likely N-dealkylation sites (tertiary alicyclic amines) is 4. The van der Waals surface area contributed by atoms with Crippen molar-refractivity contribution in [2.24, 2.45) is 23.1 Å². The van der Waals surface area contributed by atoms with Crippen molar-refractivity contribution in [2.45, 2.75) is 183 Å². The van der Waals surface area contributed by atoms with Crippen LogP contribution in [0, 0.1) is 5.92 Å². The van der Waals surface area contributed by atoms with E-state index in [2.05, 4.69) is 37.2 Å². The number of benzene rings is 2. The van der Waals surface area contributed by atoms with Gasteiger partial charge in [0.15, 0.2) is 0 Å². The van der Waals surface area contributed by atoms with Gasteiger partial charge in [0.05, 0.1) is 19.4 Å². The molecule has 0 spiro atoms. The van der Waals surface area contributed by atoms with Gasteiger partial charge in [-0.05, 0) is 125 Å². The SMILES string of the molecule is CSCC[C@H](NC(=O)[C@@H](NC(=O)[C@@H]1CCCN1C(=O)[C@H](Cc1ccc(O)cc1)NC(=O)[C@H](Cc1ccccc1)NC(=O)[C@H](CCCCN)NC(=O)[C@H](CC(N)=O)NC(=O)[C@@H]1CCCN1C(=O)[C@H](CC(=O)O)NC(=O)[C@@H]1CCCN1C(=O)[C@@H]1CCCN1C(=O)CN)C(C)C)C(=O)O. The lowest BCUT2D eigenvalue weighted by atomic mass is 10.0. The van der Waals surface area contributed by atoms with Gasteiger partial charge in [0.1, 0.15) is 72.2 Å². The first-order valence-electron chi connectivity index (χ1n) is 32.5. The Hall–Kier alpha value is -8.91. The average Bonchev–Trinajstić information content (AvgIpc) is 1.63. The molecule has 4 saturated heterocycles. The third-order valence-electron chi connectivity index (χ3n) is 17.5. The summed E-state index contributed by atoms with van der Waals surface area (Å²) in [7, 11) is 0. The number of hydrogen-bond acceptors (Lipinski definition) is 18. The Morgan fingerprint density at radius 1 is 0.521 bits per heavy atom. The fraction of sp³-hybridized carbons (Fsp3) is 0.594. The van der Waals surface area contributed by atoms with E-state index >= 15 is 0 Å². The summed E-state index contributed by atoms with van der Waals surface area (Å²) in [5.41, 5.74) is 18.1. The monoisotopic (exact) mass is 1360 g/mol. The second kappa shape index (κ2) is 36.8. The number of phenolic OH excluding ortho intramolecular Hbond substituents is 1. The highest BCUT2D eigenvalue weighted by molar-refractivity contribution is 7.98. The number of thioether (sulfide) groups is 1. The van der Waals surface area contributed by atoms with Gasteiger partial charge in [0, 0.05) is 39.0 Å². The number of carbonyl (C=O) groups is 14. The minimum absolute atomic E-state index is 0.0135. The fourth-order valence-electron chi connectivity index (χ4n) is 12.5. The maximum Gasteiger partial charge on any atom is 0.326 e. The molecule has 0 radical (unpaired) electrons. The van der Waals surface area contributed by atoms with Crippen molar-refractivity contribution in [1.82, 2.24) is 56.8 Å². The number of carboxylic acid groups (broad SMARTS) is 2. The smallest absolute Gasteiger partial charge is 0.326 e. The lowest BCUT2D eigenvalue weighted by molar-refractivity contribution is -0.148. The number of phenols is 1. The second-order valence-corrected chi connectivity index (χ2v) is 25.8. The molecule has 0 aliphatic carbocycles. The molecule has 526 valence electrons. The molecule has 96 heavy (non-hydrogen) atoms. The Kier molecular flexibility index (Phi) is 29.2. The van der Waals surface area contributed by atoms with Crippen LogP contribution in [0.4, 0.5) is 0 Å². The zero-order valence-electron chi connectivity index (χ0n) is 54.4. The largest absolute Gasteiger partial charge is 0.508 e. The molecule has 16 N–H and O–H groups in total. The van der Waals surface area contributed by atoms with Gasteiger partial charge in [0.2, 0.25) is 70.9 Å². The van der Waals surface area contributed by atoms with Crippen molar-refractivity contribution in [3.8, 4) is 5.75 Å². The standard InChI is InChI=1S/C64H92N14O17S/c1-36(2)53(60(90)69-41(64(94)95)24-30-96-3)74-59(89)48-18-10-28-77(48)61(91)44(32-38-20-22-39(79)23-21-38)72-55(85)42(31-37-13-5-4-6-14-37)70-54(84)40(15-7-8-25-65)68-56(86)43(33-50(67)80)71-57(87)46-16-9-27-76(46)62(92)45(34-52(82)83)73-58(88)47-17-11-29-78(47)63(93)49-19-12-26-75(49)51(81)35-66/h4-6,13-14,20-23,36,40-49,53,79H,7-12,15-19,24-35,65-66H2,1-3H3,(H2,67,80)(H,68,86)(H,69,90)(H,70,84)(H,71,87)(H,72,85)(H,73,88)(H,74,89)(H,82,83)(H,94,95)/t40-,41-,42-,43-,44-,45-,46-,47-,48-,49-,53-/m0/s1. The highest BCUT2D eigenvalue weighted by atomic mass is 32.2. The predicted molar refractivity (Wildman–Crippen MR) is 348 cm³/mol.